The molecule has 0 unspecified atom stereocenters. The topological polar surface area (TPSA) is 105 Å². The molecule has 2 aromatic heterocycles. The fraction of sp³-hybridized carbons (Fsp3) is 0.143. The summed E-state index contributed by atoms with van der Waals surface area (Å²) < 4.78 is 23.2. The Labute approximate surface area is 221 Å². The van der Waals surface area contributed by atoms with Crippen LogP contribution in [0.4, 0.5) is 0 Å². The lowest BCUT2D eigenvalue weighted by molar-refractivity contribution is -0.145. The highest BCUT2D eigenvalue weighted by Gasteiger charge is 2.17. The molecule has 0 N–H and O–H groups in total. The van der Waals surface area contributed by atoms with Gasteiger partial charge in [-0.1, -0.05) is 29.8 Å². The quantitative estimate of drug-likeness (QED) is 0.198. The molecule has 9 nitrogen and oxygen atoms in total. The van der Waals surface area contributed by atoms with Crippen molar-refractivity contribution in [2.75, 3.05) is 20.3 Å². The lowest BCUT2D eigenvalue weighted by atomic mass is 10.2. The minimum atomic E-state index is -0.525. The number of hydrogen-bond donors (Lipinski definition) is 0. The van der Waals surface area contributed by atoms with Crippen LogP contribution in [-0.4, -0.2) is 42.2 Å². The fourth-order valence-corrected chi connectivity index (χ4v) is 4.10. The molecule has 0 bridgehead atoms. The first-order valence-electron chi connectivity index (χ1n) is 11.7. The van der Waals surface area contributed by atoms with Gasteiger partial charge in [0.25, 0.3) is 5.56 Å². The molecule has 38 heavy (non-hydrogen) atoms. The molecular weight excluding hydrogens is 510 g/mol. The summed E-state index contributed by atoms with van der Waals surface area (Å²) in [4.78, 5) is 30.1. The van der Waals surface area contributed by atoms with Crippen LogP contribution in [0.1, 0.15) is 12.5 Å². The highest BCUT2D eigenvalue weighted by atomic mass is 35.5. The van der Waals surface area contributed by atoms with Crippen molar-refractivity contribution in [2.45, 2.75) is 6.92 Å². The van der Waals surface area contributed by atoms with Gasteiger partial charge in [0, 0.05) is 16.0 Å². The van der Waals surface area contributed by atoms with Crippen molar-refractivity contribution >= 4 is 45.7 Å². The zero-order valence-electron chi connectivity index (χ0n) is 20.5. The van der Waals surface area contributed by atoms with E-state index < -0.39 is 11.5 Å². The van der Waals surface area contributed by atoms with Gasteiger partial charge >= 0.3 is 5.97 Å². The third-order valence-electron chi connectivity index (χ3n) is 5.63. The molecule has 3 aromatic carbocycles. The Hall–Kier alpha value is -4.63. The van der Waals surface area contributed by atoms with Crippen LogP contribution >= 0.6 is 11.6 Å². The van der Waals surface area contributed by atoms with E-state index in [4.69, 9.17) is 30.2 Å². The standard InChI is InChI=1S/C28H22ClN3O6/c1-3-36-25(33)16-37-26-17(7-6-10-23(26)35-2)15-30-32-27(31-21-9-5-4-8-20(21)28(32)34)24-14-18-13-19(29)11-12-22(18)38-24/h4-15H,3,16H2,1-2H3. The van der Waals surface area contributed by atoms with Crippen molar-refractivity contribution in [1.82, 2.24) is 9.66 Å². The first-order valence-corrected chi connectivity index (χ1v) is 12.1. The van der Waals surface area contributed by atoms with E-state index >= 15 is 0 Å². The predicted octanol–water partition coefficient (Wildman–Crippen LogP) is 5.30. The van der Waals surface area contributed by atoms with Gasteiger partial charge in [-0.2, -0.15) is 9.78 Å². The Bertz CT molecular complexity index is 1740. The van der Waals surface area contributed by atoms with Crippen LogP contribution in [0.2, 0.25) is 5.02 Å². The summed E-state index contributed by atoms with van der Waals surface area (Å²) in [7, 11) is 1.48. The van der Waals surface area contributed by atoms with E-state index in [0.717, 1.165) is 10.1 Å². The Morgan fingerprint density at radius 3 is 2.79 bits per heavy atom. The summed E-state index contributed by atoms with van der Waals surface area (Å²) in [6.45, 7) is 1.62. The minimum Gasteiger partial charge on any atom is -0.493 e. The van der Waals surface area contributed by atoms with E-state index in [1.165, 1.54) is 13.3 Å². The molecule has 2 heterocycles. The zero-order chi connectivity index (χ0) is 26.6. The first kappa shape index (κ1) is 25.0. The Kier molecular flexibility index (Phi) is 7.10. The monoisotopic (exact) mass is 531 g/mol. The molecule has 0 aliphatic rings. The number of aromatic nitrogens is 2. The number of esters is 1. The van der Waals surface area contributed by atoms with E-state index in [0.29, 0.717) is 38.6 Å². The van der Waals surface area contributed by atoms with Crippen molar-refractivity contribution in [3.8, 4) is 23.1 Å². The van der Waals surface area contributed by atoms with Gasteiger partial charge in [0.15, 0.2) is 23.9 Å². The Morgan fingerprint density at radius 1 is 1.13 bits per heavy atom. The normalized spacial score (nSPS) is 11.3. The van der Waals surface area contributed by atoms with Crippen molar-refractivity contribution < 1.29 is 23.4 Å². The zero-order valence-corrected chi connectivity index (χ0v) is 21.3. The lowest BCUT2D eigenvalue weighted by Crippen LogP contribution is -2.20. The SMILES string of the molecule is CCOC(=O)COc1c(C=Nn2c(-c3cc4cc(Cl)ccc4o3)nc3ccccc3c2=O)cccc1OC. The van der Waals surface area contributed by atoms with Crippen LogP contribution in [0.25, 0.3) is 33.5 Å². The molecule has 0 atom stereocenters. The molecule has 0 spiro atoms. The van der Waals surface area contributed by atoms with Gasteiger partial charge in [-0.3, -0.25) is 4.79 Å². The van der Waals surface area contributed by atoms with Crippen LogP contribution in [-0.2, 0) is 9.53 Å². The molecule has 10 heteroatoms. The Morgan fingerprint density at radius 2 is 1.97 bits per heavy atom. The number of rotatable bonds is 8. The summed E-state index contributed by atoms with van der Waals surface area (Å²) in [6.07, 6.45) is 1.43. The van der Waals surface area contributed by atoms with Crippen LogP contribution in [0.5, 0.6) is 11.5 Å². The molecule has 0 aliphatic heterocycles. The van der Waals surface area contributed by atoms with Crippen LogP contribution in [0.3, 0.4) is 0 Å². The summed E-state index contributed by atoms with van der Waals surface area (Å²) in [5.74, 6) is 0.675. The largest absolute Gasteiger partial charge is 0.493 e. The van der Waals surface area contributed by atoms with E-state index in [-0.39, 0.29) is 24.8 Å². The maximum absolute atomic E-state index is 13.5. The number of carbonyl (C=O) groups is 1. The number of halogens is 1. The van der Waals surface area contributed by atoms with Gasteiger partial charge in [0.1, 0.15) is 5.58 Å². The molecule has 0 radical (unpaired) electrons. The van der Waals surface area contributed by atoms with Gasteiger partial charge in [-0.05, 0) is 55.5 Å². The van der Waals surface area contributed by atoms with Gasteiger partial charge in [-0.15, -0.1) is 0 Å². The third kappa shape index (κ3) is 4.96. The highest BCUT2D eigenvalue weighted by molar-refractivity contribution is 6.31. The van der Waals surface area contributed by atoms with Crippen LogP contribution in [0.15, 0.2) is 81.0 Å². The molecular formula is C28H22ClN3O6. The molecule has 0 fully saturated rings. The van der Waals surface area contributed by atoms with E-state index in [9.17, 15) is 9.59 Å². The fourth-order valence-electron chi connectivity index (χ4n) is 3.92. The number of fused-ring (bicyclic) bond motifs is 2. The lowest BCUT2D eigenvalue weighted by Gasteiger charge is -2.13. The minimum absolute atomic E-state index is 0.203. The van der Waals surface area contributed by atoms with E-state index in [1.54, 1.807) is 73.7 Å². The molecule has 192 valence electrons. The van der Waals surface area contributed by atoms with Crippen molar-refractivity contribution in [3.05, 3.63) is 87.7 Å². The second-order valence-corrected chi connectivity index (χ2v) is 8.52. The predicted molar refractivity (Wildman–Crippen MR) is 144 cm³/mol. The molecule has 0 aliphatic carbocycles. The average Bonchev–Trinajstić information content (AvgIpc) is 3.34. The molecule has 5 rings (SSSR count). The summed E-state index contributed by atoms with van der Waals surface area (Å²) in [5.41, 5.74) is 1.16. The third-order valence-corrected chi connectivity index (χ3v) is 5.87. The van der Waals surface area contributed by atoms with Crippen molar-refractivity contribution in [1.29, 1.82) is 0 Å². The Balaban J connectivity index is 1.63. The first-order chi connectivity index (χ1) is 18.5. The molecule has 0 saturated carbocycles. The number of furan rings is 1. The number of para-hydroxylation sites is 2. The number of carbonyl (C=O) groups excluding carboxylic acids is 1. The average molecular weight is 532 g/mol. The van der Waals surface area contributed by atoms with Gasteiger partial charge in [-0.25, -0.2) is 9.78 Å². The summed E-state index contributed by atoms with van der Waals surface area (Å²) in [5, 5.41) is 6.17. The maximum Gasteiger partial charge on any atom is 0.344 e. The molecule has 0 amide bonds. The summed E-state index contributed by atoms with van der Waals surface area (Å²) >= 11 is 6.14. The van der Waals surface area contributed by atoms with Gasteiger partial charge in [0.05, 0.1) is 30.8 Å². The van der Waals surface area contributed by atoms with Gasteiger partial charge < -0.3 is 18.6 Å². The molecule has 5 aromatic rings. The number of benzene rings is 3. The van der Waals surface area contributed by atoms with E-state index in [1.807, 2.05) is 0 Å². The smallest absolute Gasteiger partial charge is 0.344 e. The van der Waals surface area contributed by atoms with E-state index in [2.05, 4.69) is 10.1 Å². The number of nitrogens with zero attached hydrogens (tertiary/aromatic N) is 3. The number of ether oxygens (including phenoxy) is 3. The van der Waals surface area contributed by atoms with Crippen LogP contribution < -0.4 is 15.0 Å². The molecule has 0 saturated heterocycles. The summed E-state index contributed by atoms with van der Waals surface area (Å²) in [6, 6.07) is 19.1. The maximum atomic E-state index is 13.5. The second kappa shape index (κ2) is 10.8. The number of hydrogen-bond acceptors (Lipinski definition) is 8. The second-order valence-electron chi connectivity index (χ2n) is 8.08. The van der Waals surface area contributed by atoms with Crippen molar-refractivity contribution in [2.24, 2.45) is 5.10 Å². The highest BCUT2D eigenvalue weighted by Crippen LogP contribution is 2.31. The van der Waals surface area contributed by atoms with Crippen molar-refractivity contribution in [3.63, 3.8) is 0 Å². The van der Waals surface area contributed by atoms with Gasteiger partial charge in [0.2, 0.25) is 5.82 Å². The number of methoxy groups -OCH3 is 1. The van der Waals surface area contributed by atoms with Crippen LogP contribution in [0, 0.1) is 0 Å².